The first-order chi connectivity index (χ1) is 7.95. The largest absolute Gasteiger partial charge is 0.422 e. The molecule has 0 radical (unpaired) electrons. The van der Waals surface area contributed by atoms with Gasteiger partial charge in [-0.15, -0.1) is 12.3 Å². The Labute approximate surface area is 94.5 Å². The zero-order valence-electron chi connectivity index (χ0n) is 8.51. The summed E-state index contributed by atoms with van der Waals surface area (Å²) in [6.07, 6.45) is 0.409. The number of fused-ring (bicyclic) bond motifs is 1. The molecule has 1 amide bonds. The number of carbonyl (C=O) groups is 1. The van der Waals surface area contributed by atoms with Gasteiger partial charge in [0.05, 0.1) is 5.36 Å². The number of benzene rings is 1. The first kappa shape index (κ1) is 11.4. The van der Waals surface area contributed by atoms with E-state index in [1.54, 1.807) is 0 Å². The number of hydrogen-bond donors (Lipinski definition) is 0. The Morgan fingerprint density at radius 3 is 2.65 bits per heavy atom. The highest BCUT2D eigenvalue weighted by Crippen LogP contribution is 2.27. The van der Waals surface area contributed by atoms with Crippen molar-refractivity contribution < 1.29 is 18.0 Å². The average molecular weight is 237 g/mol. The third-order valence-corrected chi connectivity index (χ3v) is 2.39. The third kappa shape index (κ3) is 1.82. The van der Waals surface area contributed by atoms with E-state index in [-0.39, 0.29) is 17.0 Å². The number of carbonyl (C=O) groups excluding carboxylic acids is 1. The molecule has 0 atom stereocenters. The van der Waals surface area contributed by atoms with Gasteiger partial charge >= 0.3 is 6.18 Å². The minimum Gasteiger partial charge on any atom is -0.267 e. The number of hydrogen-bond acceptors (Lipinski definition) is 1. The second kappa shape index (κ2) is 3.74. The van der Waals surface area contributed by atoms with Crippen molar-refractivity contribution in [1.82, 2.24) is 0 Å². The fraction of sp³-hybridized carbons (Fsp3) is 0.167. The number of terminal acetylenes is 1. The molecule has 1 aliphatic rings. The molecule has 0 aromatic heterocycles. The summed E-state index contributed by atoms with van der Waals surface area (Å²) in [5.74, 6) is 1.01. The van der Waals surface area contributed by atoms with Crippen molar-refractivity contribution >= 4 is 11.5 Å². The monoisotopic (exact) mass is 237 g/mol. The molecular formula is C12H6F3NO. The second-order valence-corrected chi connectivity index (χ2v) is 3.48. The number of halogens is 3. The molecule has 86 valence electrons. The van der Waals surface area contributed by atoms with E-state index in [0.717, 1.165) is 0 Å². The third-order valence-electron chi connectivity index (χ3n) is 2.39. The number of rotatable bonds is 1. The predicted molar refractivity (Wildman–Crippen MR) is 54.2 cm³/mol. The van der Waals surface area contributed by atoms with Crippen LogP contribution in [0.25, 0.3) is 5.57 Å². The molecule has 1 aromatic rings. The van der Waals surface area contributed by atoms with E-state index < -0.39 is 17.7 Å². The molecule has 1 aromatic carbocycles. The number of amides is 1. The standard InChI is InChI=1S/C12H6F3NO/c1-2-4-7-5-3-6-8-9(7)10(11(17)16-8)12(13,14)15/h1,3,5-6H,4H2. The van der Waals surface area contributed by atoms with Crippen LogP contribution in [0.15, 0.2) is 23.2 Å². The fourth-order valence-electron chi connectivity index (χ4n) is 1.76. The van der Waals surface area contributed by atoms with Gasteiger partial charge in [-0.3, -0.25) is 4.79 Å². The molecule has 0 bridgehead atoms. The maximum absolute atomic E-state index is 12.7. The number of alkyl halides is 3. The summed E-state index contributed by atoms with van der Waals surface area (Å²) >= 11 is 0. The van der Waals surface area contributed by atoms with Gasteiger partial charge in [-0.25, -0.2) is 4.99 Å². The van der Waals surface area contributed by atoms with Crippen LogP contribution in [0, 0.1) is 12.3 Å². The lowest BCUT2D eigenvalue weighted by atomic mass is 10.0. The van der Waals surface area contributed by atoms with Gasteiger partial charge in [0.1, 0.15) is 5.57 Å². The SMILES string of the molecule is C#CCc1cccc2c1=C(C(F)(F)F)C(=O)N=2. The average Bonchev–Trinajstić information content (AvgIpc) is 2.54. The van der Waals surface area contributed by atoms with Gasteiger partial charge in [0, 0.05) is 11.6 Å². The van der Waals surface area contributed by atoms with Crippen LogP contribution in [0.5, 0.6) is 0 Å². The number of nitrogens with zero attached hydrogens (tertiary/aromatic N) is 1. The lowest BCUT2D eigenvalue weighted by Crippen LogP contribution is -2.32. The second-order valence-electron chi connectivity index (χ2n) is 3.48. The fourth-order valence-corrected chi connectivity index (χ4v) is 1.76. The van der Waals surface area contributed by atoms with Crippen LogP contribution < -0.4 is 10.6 Å². The molecular weight excluding hydrogens is 231 g/mol. The van der Waals surface area contributed by atoms with Gasteiger partial charge in [0.15, 0.2) is 0 Å². The minimum atomic E-state index is -4.71. The smallest absolute Gasteiger partial charge is 0.267 e. The molecule has 5 heteroatoms. The normalized spacial score (nSPS) is 14.2. The van der Waals surface area contributed by atoms with Gasteiger partial charge in [0.25, 0.3) is 5.91 Å². The van der Waals surface area contributed by atoms with Crippen LogP contribution in [0.1, 0.15) is 5.56 Å². The molecule has 0 fully saturated rings. The minimum absolute atomic E-state index is 0.0333. The Bertz CT molecular complexity index is 650. The first-order valence-electron chi connectivity index (χ1n) is 4.71. The van der Waals surface area contributed by atoms with Crippen LogP contribution in [-0.4, -0.2) is 12.1 Å². The summed E-state index contributed by atoms with van der Waals surface area (Å²) in [6.45, 7) is 0. The predicted octanol–water partition coefficient (Wildman–Crippen LogP) is 0.735. The van der Waals surface area contributed by atoms with E-state index in [1.165, 1.54) is 18.2 Å². The zero-order chi connectivity index (χ0) is 12.6. The maximum atomic E-state index is 12.7. The molecule has 0 aliphatic carbocycles. The lowest BCUT2D eigenvalue weighted by Gasteiger charge is -2.06. The molecule has 0 saturated heterocycles. The maximum Gasteiger partial charge on any atom is 0.422 e. The van der Waals surface area contributed by atoms with Crippen LogP contribution in [-0.2, 0) is 11.2 Å². The molecule has 0 N–H and O–H groups in total. The van der Waals surface area contributed by atoms with Gasteiger partial charge in [-0.2, -0.15) is 13.2 Å². The zero-order valence-corrected chi connectivity index (χ0v) is 8.51. The summed E-state index contributed by atoms with van der Waals surface area (Å²) in [7, 11) is 0. The molecule has 1 aliphatic heterocycles. The van der Waals surface area contributed by atoms with E-state index in [4.69, 9.17) is 6.42 Å². The summed E-state index contributed by atoms with van der Waals surface area (Å²) in [5, 5.41) is -0.141. The molecule has 0 spiro atoms. The van der Waals surface area contributed by atoms with E-state index in [9.17, 15) is 18.0 Å². The first-order valence-corrected chi connectivity index (χ1v) is 4.71. The highest BCUT2D eigenvalue weighted by Gasteiger charge is 2.41. The Balaban J connectivity index is 2.89. The van der Waals surface area contributed by atoms with Crippen molar-refractivity contribution in [2.45, 2.75) is 12.6 Å². The Kier molecular flexibility index (Phi) is 2.50. The van der Waals surface area contributed by atoms with Crippen LogP contribution >= 0.6 is 0 Å². The summed E-state index contributed by atoms with van der Waals surface area (Å²) in [5.41, 5.74) is -0.926. The van der Waals surface area contributed by atoms with E-state index in [1.807, 2.05) is 0 Å². The summed E-state index contributed by atoms with van der Waals surface area (Å²) < 4.78 is 38.2. The van der Waals surface area contributed by atoms with Crippen LogP contribution in [0.4, 0.5) is 13.2 Å². The highest BCUT2D eigenvalue weighted by molar-refractivity contribution is 6.17. The quantitative estimate of drug-likeness (QED) is 0.662. The van der Waals surface area contributed by atoms with Gasteiger partial charge in [-0.1, -0.05) is 12.1 Å². The Morgan fingerprint density at radius 1 is 1.35 bits per heavy atom. The topological polar surface area (TPSA) is 29.4 Å². The summed E-state index contributed by atoms with van der Waals surface area (Å²) in [6, 6.07) is 4.37. The van der Waals surface area contributed by atoms with Gasteiger partial charge in [-0.05, 0) is 11.6 Å². The Morgan fingerprint density at radius 2 is 2.06 bits per heavy atom. The summed E-state index contributed by atoms with van der Waals surface area (Å²) in [4.78, 5) is 14.6. The van der Waals surface area contributed by atoms with E-state index >= 15 is 0 Å². The van der Waals surface area contributed by atoms with Crippen molar-refractivity contribution in [1.29, 1.82) is 0 Å². The van der Waals surface area contributed by atoms with Crippen molar-refractivity contribution in [3.8, 4) is 12.3 Å². The lowest BCUT2D eigenvalue weighted by molar-refractivity contribution is -0.119. The van der Waals surface area contributed by atoms with E-state index in [2.05, 4.69) is 10.9 Å². The Hall–Kier alpha value is -2.09. The molecule has 17 heavy (non-hydrogen) atoms. The van der Waals surface area contributed by atoms with E-state index in [0.29, 0.717) is 5.56 Å². The molecule has 0 unspecified atom stereocenters. The molecule has 1 heterocycles. The highest BCUT2D eigenvalue weighted by atomic mass is 19.4. The molecule has 2 rings (SSSR count). The van der Waals surface area contributed by atoms with Gasteiger partial charge in [0.2, 0.25) is 0 Å². The van der Waals surface area contributed by atoms with Crippen LogP contribution in [0.3, 0.4) is 0 Å². The van der Waals surface area contributed by atoms with Crippen molar-refractivity contribution in [3.05, 3.63) is 34.3 Å². The molecule has 0 saturated carbocycles. The van der Waals surface area contributed by atoms with Crippen molar-refractivity contribution in [2.24, 2.45) is 4.99 Å². The van der Waals surface area contributed by atoms with Crippen molar-refractivity contribution in [3.63, 3.8) is 0 Å². The van der Waals surface area contributed by atoms with Gasteiger partial charge < -0.3 is 0 Å². The molecule has 2 nitrogen and oxygen atoms in total. The van der Waals surface area contributed by atoms with Crippen LogP contribution in [0.2, 0.25) is 0 Å². The van der Waals surface area contributed by atoms with Crippen molar-refractivity contribution in [2.75, 3.05) is 0 Å².